The molecule has 1 fully saturated rings. The molecular formula is C11H23N3O3S+2. The fraction of sp³-hybridized carbons (Fsp3) is 0.909. The molecule has 0 spiro atoms. The first-order valence-corrected chi connectivity index (χ1v) is 7.30. The SMILES string of the molecule is CC[NH2+]C[C@H]1O[C@@H]2SC([NH+](C)C)=N[C@@H]2[C@@H](O)[C@@H]1O. The number of fused-ring (bicyclic) bond motifs is 1. The molecule has 0 bridgehead atoms. The van der Waals surface area contributed by atoms with Crippen LogP contribution in [-0.4, -0.2) is 72.4 Å². The molecule has 0 saturated carbocycles. The Kier molecular flexibility index (Phi) is 4.63. The van der Waals surface area contributed by atoms with Crippen LogP contribution in [-0.2, 0) is 4.74 Å². The van der Waals surface area contributed by atoms with Crippen molar-refractivity contribution in [3.8, 4) is 0 Å². The number of hydrogen-bond donors (Lipinski definition) is 4. The third-order valence-electron chi connectivity index (χ3n) is 3.28. The second-order valence-electron chi connectivity index (χ2n) is 5.00. The van der Waals surface area contributed by atoms with Crippen LogP contribution in [0.25, 0.3) is 0 Å². The zero-order valence-electron chi connectivity index (χ0n) is 11.0. The molecule has 2 rings (SSSR count). The average molecular weight is 277 g/mol. The van der Waals surface area contributed by atoms with Crippen molar-refractivity contribution in [2.45, 2.75) is 36.7 Å². The lowest BCUT2D eigenvalue weighted by Gasteiger charge is -2.37. The summed E-state index contributed by atoms with van der Waals surface area (Å²) in [4.78, 5) is 5.57. The minimum atomic E-state index is -0.852. The smallest absolute Gasteiger partial charge is 0.260 e. The lowest BCUT2D eigenvalue weighted by atomic mass is 9.98. The molecule has 5 atom stereocenters. The molecule has 2 aliphatic heterocycles. The van der Waals surface area contributed by atoms with Crippen molar-refractivity contribution >= 4 is 16.9 Å². The van der Waals surface area contributed by atoms with E-state index in [2.05, 4.69) is 17.2 Å². The number of likely N-dealkylation sites (N-methyl/N-ethyl adjacent to an activating group) is 1. The van der Waals surface area contributed by atoms with Crippen LogP contribution in [0.1, 0.15) is 6.92 Å². The van der Waals surface area contributed by atoms with E-state index in [1.54, 1.807) is 11.8 Å². The van der Waals surface area contributed by atoms with Gasteiger partial charge in [0.2, 0.25) is 0 Å². The quantitative estimate of drug-likeness (QED) is 0.434. The number of aliphatic hydroxyl groups excluding tert-OH is 2. The Hall–Kier alpha value is -0.180. The summed E-state index contributed by atoms with van der Waals surface area (Å²) < 4.78 is 5.87. The standard InChI is InChI=1S/C11H21N3O3S/c1-4-12-5-6-8(15)9(16)7-10(17-6)18-11(13-7)14(2)3/h6-10,12,15-16H,4-5H2,1-3H3/p+2/t6-,7-,8-,9-,10-/m1/s1. The zero-order chi connectivity index (χ0) is 13.3. The first-order valence-electron chi connectivity index (χ1n) is 6.42. The summed E-state index contributed by atoms with van der Waals surface area (Å²) in [6, 6.07) is -0.340. The van der Waals surface area contributed by atoms with Gasteiger partial charge in [-0.1, -0.05) is 0 Å². The van der Waals surface area contributed by atoms with Gasteiger partial charge < -0.3 is 20.3 Å². The number of ether oxygens (including phenoxy) is 1. The maximum Gasteiger partial charge on any atom is 0.260 e. The second-order valence-corrected chi connectivity index (χ2v) is 6.09. The van der Waals surface area contributed by atoms with Gasteiger partial charge in [0, 0.05) is 0 Å². The maximum absolute atomic E-state index is 10.1. The van der Waals surface area contributed by atoms with Gasteiger partial charge in [-0.05, 0) is 18.7 Å². The molecule has 2 heterocycles. The molecule has 7 heteroatoms. The number of hydrogen-bond acceptors (Lipinski definition) is 5. The van der Waals surface area contributed by atoms with Gasteiger partial charge in [-0.25, -0.2) is 4.99 Å². The molecule has 0 aromatic rings. The Morgan fingerprint density at radius 3 is 2.72 bits per heavy atom. The third-order valence-corrected chi connectivity index (χ3v) is 4.64. The van der Waals surface area contributed by atoms with Crippen LogP contribution in [0.3, 0.4) is 0 Å². The molecule has 104 valence electrons. The predicted octanol–water partition coefficient (Wildman–Crippen LogP) is -3.37. The van der Waals surface area contributed by atoms with Crippen LogP contribution in [0.5, 0.6) is 0 Å². The Bertz CT molecular complexity index is 327. The number of nitrogens with one attached hydrogen (secondary N) is 1. The average Bonchev–Trinajstić information content (AvgIpc) is 2.76. The van der Waals surface area contributed by atoms with Gasteiger partial charge in [0.05, 0.1) is 20.6 Å². The Morgan fingerprint density at radius 2 is 2.11 bits per heavy atom. The first-order chi connectivity index (χ1) is 8.54. The summed E-state index contributed by atoms with van der Waals surface area (Å²) >= 11 is 1.55. The summed E-state index contributed by atoms with van der Waals surface area (Å²) in [5.74, 6) is 0. The molecule has 0 amide bonds. The number of aliphatic hydroxyl groups is 2. The van der Waals surface area contributed by atoms with Gasteiger partial charge in [0.25, 0.3) is 5.17 Å². The Labute approximate surface area is 111 Å². The minimum absolute atomic E-state index is 0.163. The van der Waals surface area contributed by atoms with Crippen molar-refractivity contribution in [3.05, 3.63) is 0 Å². The highest BCUT2D eigenvalue weighted by molar-refractivity contribution is 8.14. The summed E-state index contributed by atoms with van der Waals surface area (Å²) in [6.45, 7) is 3.66. The van der Waals surface area contributed by atoms with Crippen molar-refractivity contribution in [2.24, 2.45) is 4.99 Å². The lowest BCUT2D eigenvalue weighted by Crippen LogP contribution is -3.07. The number of rotatable bonds is 3. The van der Waals surface area contributed by atoms with Gasteiger partial charge in [0.15, 0.2) is 0 Å². The van der Waals surface area contributed by atoms with Gasteiger partial charge >= 0.3 is 0 Å². The molecular weight excluding hydrogens is 254 g/mol. The highest BCUT2D eigenvalue weighted by Crippen LogP contribution is 2.34. The van der Waals surface area contributed by atoms with Crippen LogP contribution in [0.15, 0.2) is 4.99 Å². The van der Waals surface area contributed by atoms with E-state index in [0.29, 0.717) is 6.54 Å². The number of nitrogens with zero attached hydrogens (tertiary/aromatic N) is 1. The van der Waals surface area contributed by atoms with Crippen LogP contribution in [0, 0.1) is 0 Å². The first kappa shape index (κ1) is 14.2. The van der Waals surface area contributed by atoms with Crippen molar-refractivity contribution in [1.82, 2.24) is 0 Å². The fourth-order valence-electron chi connectivity index (χ4n) is 2.20. The fourth-order valence-corrected chi connectivity index (χ4v) is 3.40. The lowest BCUT2D eigenvalue weighted by molar-refractivity contribution is -0.753. The van der Waals surface area contributed by atoms with E-state index >= 15 is 0 Å². The molecule has 0 unspecified atom stereocenters. The largest absolute Gasteiger partial charge is 0.388 e. The number of aliphatic imine (C=N–C) groups is 1. The van der Waals surface area contributed by atoms with E-state index < -0.39 is 12.2 Å². The van der Waals surface area contributed by atoms with E-state index in [0.717, 1.165) is 16.6 Å². The number of quaternary nitrogens is 2. The normalized spacial score (nSPS) is 39.9. The number of nitrogens with two attached hydrogens (primary N) is 1. The monoisotopic (exact) mass is 277 g/mol. The Balaban J connectivity index is 2.04. The molecule has 1 saturated heterocycles. The Morgan fingerprint density at radius 1 is 1.39 bits per heavy atom. The molecule has 2 aliphatic rings. The molecule has 18 heavy (non-hydrogen) atoms. The van der Waals surface area contributed by atoms with Crippen LogP contribution in [0.2, 0.25) is 0 Å². The highest BCUT2D eigenvalue weighted by atomic mass is 32.2. The second kappa shape index (κ2) is 5.85. The van der Waals surface area contributed by atoms with E-state index in [1.807, 2.05) is 14.1 Å². The predicted molar refractivity (Wildman–Crippen MR) is 69.6 cm³/mol. The van der Waals surface area contributed by atoms with Crippen LogP contribution >= 0.6 is 11.8 Å². The van der Waals surface area contributed by atoms with Gasteiger partial charge in [-0.15, -0.1) is 0 Å². The van der Waals surface area contributed by atoms with E-state index in [9.17, 15) is 10.2 Å². The molecule has 0 aromatic heterocycles. The number of thioether (sulfide) groups is 1. The van der Waals surface area contributed by atoms with Crippen molar-refractivity contribution in [2.75, 3.05) is 27.2 Å². The highest BCUT2D eigenvalue weighted by Gasteiger charge is 2.50. The third kappa shape index (κ3) is 2.71. The summed E-state index contributed by atoms with van der Waals surface area (Å²) in [5.41, 5.74) is -0.163. The van der Waals surface area contributed by atoms with Crippen LogP contribution < -0.4 is 10.2 Å². The van der Waals surface area contributed by atoms with E-state index in [1.165, 1.54) is 0 Å². The molecule has 6 nitrogen and oxygen atoms in total. The summed E-state index contributed by atoms with van der Waals surface area (Å²) in [6.07, 6.45) is -2.00. The molecule has 0 aromatic carbocycles. The van der Waals surface area contributed by atoms with Crippen molar-refractivity contribution in [1.29, 1.82) is 0 Å². The van der Waals surface area contributed by atoms with Gasteiger partial charge in [-0.3, -0.25) is 4.90 Å². The van der Waals surface area contributed by atoms with E-state index in [4.69, 9.17) is 4.74 Å². The maximum atomic E-state index is 10.1. The van der Waals surface area contributed by atoms with Gasteiger partial charge in [0.1, 0.15) is 36.3 Å². The number of amidine groups is 1. The van der Waals surface area contributed by atoms with Crippen molar-refractivity contribution < 1.29 is 25.2 Å². The van der Waals surface area contributed by atoms with Crippen molar-refractivity contribution in [3.63, 3.8) is 0 Å². The minimum Gasteiger partial charge on any atom is -0.388 e. The molecule has 5 N–H and O–H groups in total. The summed E-state index contributed by atoms with van der Waals surface area (Å²) in [5, 5.41) is 23.2. The van der Waals surface area contributed by atoms with Crippen LogP contribution in [0.4, 0.5) is 0 Å². The zero-order valence-corrected chi connectivity index (χ0v) is 11.9. The van der Waals surface area contributed by atoms with E-state index in [-0.39, 0.29) is 17.6 Å². The molecule has 0 aliphatic carbocycles. The summed E-state index contributed by atoms with van der Waals surface area (Å²) in [7, 11) is 3.99. The topological polar surface area (TPSA) is 83.1 Å². The van der Waals surface area contributed by atoms with Gasteiger partial charge in [-0.2, -0.15) is 0 Å². The molecule has 0 radical (unpaired) electrons.